The third-order valence-electron chi connectivity index (χ3n) is 2.13. The Morgan fingerprint density at radius 2 is 2.06 bits per heavy atom. The van der Waals surface area contributed by atoms with Crippen LogP contribution in [0, 0.1) is 17.0 Å². The minimum Gasteiger partial charge on any atom is -0.430 e. The van der Waals surface area contributed by atoms with Crippen LogP contribution in [0.4, 0.5) is 5.69 Å². The maximum Gasteiger partial charge on any atom is 0.311 e. The fourth-order valence-electron chi connectivity index (χ4n) is 1.32. The number of benzene rings is 1. The van der Waals surface area contributed by atoms with Crippen LogP contribution in [0.15, 0.2) is 30.3 Å². The van der Waals surface area contributed by atoms with E-state index in [0.29, 0.717) is 0 Å². The molecule has 0 unspecified atom stereocenters. The molecule has 0 saturated heterocycles. The molecule has 2 rings (SSSR count). The molecule has 0 radical (unpaired) electrons. The maximum absolute atomic E-state index is 10.8. The van der Waals surface area contributed by atoms with Crippen LogP contribution in [0.3, 0.4) is 0 Å². The predicted molar refractivity (Wildman–Crippen MR) is 64.9 cm³/mol. The van der Waals surface area contributed by atoms with Crippen LogP contribution in [0.5, 0.6) is 11.6 Å². The lowest BCUT2D eigenvalue weighted by Gasteiger charge is -2.05. The van der Waals surface area contributed by atoms with Crippen LogP contribution in [0.2, 0.25) is 5.15 Å². The van der Waals surface area contributed by atoms with Gasteiger partial charge in [0.1, 0.15) is 0 Å². The minimum atomic E-state index is -0.516. The van der Waals surface area contributed by atoms with E-state index in [0.717, 1.165) is 5.56 Å². The normalized spacial score (nSPS) is 10.1. The van der Waals surface area contributed by atoms with Crippen LogP contribution >= 0.6 is 11.6 Å². The molecule has 0 aliphatic rings. The Bertz CT molecular complexity index is 587. The van der Waals surface area contributed by atoms with E-state index in [9.17, 15) is 10.1 Å². The molecule has 18 heavy (non-hydrogen) atoms. The smallest absolute Gasteiger partial charge is 0.311 e. The molecule has 0 aliphatic heterocycles. The number of nitro benzene ring substituents is 1. The van der Waals surface area contributed by atoms with E-state index in [4.69, 9.17) is 16.3 Å². The second kappa shape index (κ2) is 4.97. The largest absolute Gasteiger partial charge is 0.430 e. The summed E-state index contributed by atoms with van der Waals surface area (Å²) >= 11 is 5.58. The van der Waals surface area contributed by atoms with E-state index in [2.05, 4.69) is 10.2 Å². The van der Waals surface area contributed by atoms with E-state index >= 15 is 0 Å². The van der Waals surface area contributed by atoms with E-state index in [1.54, 1.807) is 12.1 Å². The Balaban J connectivity index is 2.35. The molecule has 2 aromatic rings. The first-order valence-electron chi connectivity index (χ1n) is 4.98. The van der Waals surface area contributed by atoms with Crippen molar-refractivity contribution < 1.29 is 9.66 Å². The van der Waals surface area contributed by atoms with Gasteiger partial charge in [-0.05, 0) is 24.6 Å². The lowest BCUT2D eigenvalue weighted by molar-refractivity contribution is -0.385. The fourth-order valence-corrected chi connectivity index (χ4v) is 1.43. The van der Waals surface area contributed by atoms with Crippen molar-refractivity contribution in [1.82, 2.24) is 10.2 Å². The van der Waals surface area contributed by atoms with Crippen molar-refractivity contribution in [2.45, 2.75) is 6.92 Å². The highest BCUT2D eigenvalue weighted by atomic mass is 35.5. The van der Waals surface area contributed by atoms with Crippen molar-refractivity contribution in [2.75, 3.05) is 0 Å². The van der Waals surface area contributed by atoms with Gasteiger partial charge in [0.2, 0.25) is 11.6 Å². The lowest BCUT2D eigenvalue weighted by atomic mass is 10.2. The average molecular weight is 266 g/mol. The highest BCUT2D eigenvalue weighted by Gasteiger charge is 2.16. The van der Waals surface area contributed by atoms with Crippen molar-refractivity contribution in [3.8, 4) is 11.6 Å². The summed E-state index contributed by atoms with van der Waals surface area (Å²) in [4.78, 5) is 10.3. The Morgan fingerprint density at radius 3 is 2.67 bits per heavy atom. The first-order chi connectivity index (χ1) is 8.56. The zero-order chi connectivity index (χ0) is 13.1. The van der Waals surface area contributed by atoms with Crippen molar-refractivity contribution in [1.29, 1.82) is 0 Å². The topological polar surface area (TPSA) is 78.2 Å². The second-order valence-electron chi connectivity index (χ2n) is 3.52. The van der Waals surface area contributed by atoms with Gasteiger partial charge in [0.25, 0.3) is 0 Å². The van der Waals surface area contributed by atoms with E-state index < -0.39 is 4.92 Å². The summed E-state index contributed by atoms with van der Waals surface area (Å²) in [6, 6.07) is 7.56. The number of rotatable bonds is 3. The van der Waals surface area contributed by atoms with Crippen LogP contribution in [0.25, 0.3) is 0 Å². The summed E-state index contributed by atoms with van der Waals surface area (Å²) < 4.78 is 5.33. The van der Waals surface area contributed by atoms with Gasteiger partial charge in [-0.1, -0.05) is 17.7 Å². The third kappa shape index (κ3) is 2.72. The number of aromatic nitrogens is 2. The third-order valence-corrected chi connectivity index (χ3v) is 2.34. The molecule has 92 valence electrons. The van der Waals surface area contributed by atoms with Gasteiger partial charge in [0.05, 0.1) is 4.92 Å². The number of nitro groups is 1. The van der Waals surface area contributed by atoms with Gasteiger partial charge < -0.3 is 4.74 Å². The van der Waals surface area contributed by atoms with E-state index in [1.165, 1.54) is 18.2 Å². The molecule has 0 N–H and O–H groups in total. The highest BCUT2D eigenvalue weighted by molar-refractivity contribution is 6.29. The molecule has 0 saturated carbocycles. The van der Waals surface area contributed by atoms with Gasteiger partial charge >= 0.3 is 5.69 Å². The molecule has 1 aromatic heterocycles. The van der Waals surface area contributed by atoms with Crippen molar-refractivity contribution in [2.24, 2.45) is 0 Å². The molecule has 6 nitrogen and oxygen atoms in total. The summed E-state index contributed by atoms with van der Waals surface area (Å²) in [5, 5.41) is 18.3. The molecule has 0 atom stereocenters. The molecule has 0 aliphatic carbocycles. The quantitative estimate of drug-likeness (QED) is 0.629. The average Bonchev–Trinajstić information content (AvgIpc) is 2.32. The standard InChI is InChI=1S/C11H8ClN3O3/c1-7-2-3-8(15(16)17)9(6-7)18-11-5-4-10(12)13-14-11/h2-6H,1H3. The number of hydrogen-bond acceptors (Lipinski definition) is 5. The van der Waals surface area contributed by atoms with Crippen LogP contribution in [-0.2, 0) is 0 Å². The molecular weight excluding hydrogens is 258 g/mol. The summed E-state index contributed by atoms with van der Waals surface area (Å²) in [6.45, 7) is 1.81. The number of hydrogen-bond donors (Lipinski definition) is 0. The van der Waals surface area contributed by atoms with Gasteiger partial charge in [0, 0.05) is 12.1 Å². The molecule has 1 heterocycles. The first-order valence-corrected chi connectivity index (χ1v) is 5.36. The van der Waals surface area contributed by atoms with Gasteiger partial charge in [-0.25, -0.2) is 0 Å². The molecule has 1 aromatic carbocycles. The Kier molecular flexibility index (Phi) is 3.38. The zero-order valence-corrected chi connectivity index (χ0v) is 10.1. The van der Waals surface area contributed by atoms with E-state index in [-0.39, 0.29) is 22.5 Å². The molecule has 0 spiro atoms. The summed E-state index contributed by atoms with van der Waals surface area (Å²) in [7, 11) is 0. The molecule has 0 amide bonds. The van der Waals surface area contributed by atoms with Gasteiger partial charge in [0.15, 0.2) is 5.15 Å². The lowest BCUT2D eigenvalue weighted by Crippen LogP contribution is -1.96. The first kappa shape index (κ1) is 12.3. The molecule has 0 bridgehead atoms. The van der Waals surface area contributed by atoms with Crippen LogP contribution in [0.1, 0.15) is 5.56 Å². The summed E-state index contributed by atoms with van der Waals surface area (Å²) in [6.07, 6.45) is 0. The number of ether oxygens (including phenoxy) is 1. The van der Waals surface area contributed by atoms with Crippen molar-refractivity contribution in [3.63, 3.8) is 0 Å². The van der Waals surface area contributed by atoms with Crippen molar-refractivity contribution in [3.05, 3.63) is 51.2 Å². The molecule has 7 heteroatoms. The van der Waals surface area contributed by atoms with Gasteiger partial charge in [-0.2, -0.15) is 0 Å². The zero-order valence-electron chi connectivity index (χ0n) is 9.33. The number of aryl methyl sites for hydroxylation is 1. The fraction of sp³-hybridized carbons (Fsp3) is 0.0909. The molecule has 0 fully saturated rings. The number of nitrogens with zero attached hydrogens (tertiary/aromatic N) is 3. The Labute approximate surface area is 107 Å². The maximum atomic E-state index is 10.8. The predicted octanol–water partition coefficient (Wildman–Crippen LogP) is 3.14. The van der Waals surface area contributed by atoms with E-state index in [1.807, 2.05) is 6.92 Å². The molecular formula is C11H8ClN3O3. The van der Waals surface area contributed by atoms with Crippen LogP contribution in [-0.4, -0.2) is 15.1 Å². The number of halogens is 1. The van der Waals surface area contributed by atoms with Crippen LogP contribution < -0.4 is 4.74 Å². The Hall–Kier alpha value is -2.21. The highest BCUT2D eigenvalue weighted by Crippen LogP contribution is 2.31. The van der Waals surface area contributed by atoms with Crippen molar-refractivity contribution >= 4 is 17.3 Å². The SMILES string of the molecule is Cc1ccc([N+](=O)[O-])c(Oc2ccc(Cl)nn2)c1. The second-order valence-corrected chi connectivity index (χ2v) is 3.91. The summed E-state index contributed by atoms with van der Waals surface area (Å²) in [5.41, 5.74) is 0.717. The van der Waals surface area contributed by atoms with Gasteiger partial charge in [-0.15, -0.1) is 10.2 Å². The van der Waals surface area contributed by atoms with Gasteiger partial charge in [-0.3, -0.25) is 10.1 Å². The monoisotopic (exact) mass is 265 g/mol. The minimum absolute atomic E-state index is 0.122. The summed E-state index contributed by atoms with van der Waals surface area (Å²) in [5.74, 6) is 0.268. The Morgan fingerprint density at radius 1 is 1.28 bits per heavy atom.